The van der Waals surface area contributed by atoms with Crippen LogP contribution in [0.5, 0.6) is 0 Å². The molecule has 7 heteroatoms. The first-order chi connectivity index (χ1) is 12.5. The highest BCUT2D eigenvalue weighted by atomic mass is 16.6. The average Bonchev–Trinajstić information content (AvgIpc) is 3.13. The van der Waals surface area contributed by atoms with Crippen molar-refractivity contribution in [3.63, 3.8) is 0 Å². The number of nitrogens with one attached hydrogen (secondary N) is 1. The van der Waals surface area contributed by atoms with Crippen LogP contribution in [0.1, 0.15) is 30.0 Å². The van der Waals surface area contributed by atoms with Crippen molar-refractivity contribution in [2.75, 3.05) is 7.05 Å². The molecule has 0 fully saturated rings. The summed E-state index contributed by atoms with van der Waals surface area (Å²) in [7, 11) is 2.09. The maximum absolute atomic E-state index is 10.7. The molecule has 1 aromatic heterocycles. The van der Waals surface area contributed by atoms with E-state index in [9.17, 15) is 10.1 Å². The molecule has 0 saturated heterocycles. The van der Waals surface area contributed by atoms with E-state index in [-0.39, 0.29) is 11.7 Å². The average molecular weight is 353 g/mol. The lowest BCUT2D eigenvalue weighted by atomic mass is 10.1. The highest BCUT2D eigenvalue weighted by Gasteiger charge is 2.23. The zero-order valence-corrected chi connectivity index (χ0v) is 15.0. The molecule has 0 aliphatic carbocycles. The number of non-ortho nitro benzene ring substituents is 1. The Hall–Kier alpha value is -3.06. The van der Waals surface area contributed by atoms with Crippen LogP contribution >= 0.6 is 0 Å². The fourth-order valence-corrected chi connectivity index (χ4v) is 2.72. The number of rotatable bonds is 6. The number of aromatic nitrogens is 2. The van der Waals surface area contributed by atoms with Crippen molar-refractivity contribution in [2.45, 2.75) is 26.4 Å². The maximum Gasteiger partial charge on any atom is 0.274 e. The van der Waals surface area contributed by atoms with E-state index in [0.29, 0.717) is 17.3 Å². The molecule has 3 rings (SSSR count). The van der Waals surface area contributed by atoms with Gasteiger partial charge in [0.15, 0.2) is 6.04 Å². The number of nitro groups is 1. The quantitative estimate of drug-likeness (QED) is 0.544. The fourth-order valence-electron chi connectivity index (χ4n) is 2.72. The third-order valence-electron chi connectivity index (χ3n) is 4.61. The SMILES string of the molecule is Cc1ccccc1C[NH+](C)[C@H](C)c1nnc(-c2ccc([N+](=O)[O-])cc2)o1. The molecule has 1 N–H and O–H groups in total. The smallest absolute Gasteiger partial charge is 0.274 e. The third-order valence-corrected chi connectivity index (χ3v) is 4.61. The van der Waals surface area contributed by atoms with Crippen LogP contribution in [0.25, 0.3) is 11.5 Å². The first kappa shape index (κ1) is 17.8. The van der Waals surface area contributed by atoms with E-state index in [4.69, 9.17) is 4.42 Å². The number of hydrogen-bond donors (Lipinski definition) is 1. The highest BCUT2D eigenvalue weighted by molar-refractivity contribution is 5.55. The lowest BCUT2D eigenvalue weighted by molar-refractivity contribution is -0.925. The normalized spacial score (nSPS) is 13.3. The van der Waals surface area contributed by atoms with Crippen LogP contribution in [0.2, 0.25) is 0 Å². The van der Waals surface area contributed by atoms with E-state index in [0.717, 1.165) is 6.54 Å². The Labute approximate surface area is 151 Å². The van der Waals surface area contributed by atoms with Crippen molar-refractivity contribution in [2.24, 2.45) is 0 Å². The van der Waals surface area contributed by atoms with Gasteiger partial charge < -0.3 is 9.32 Å². The van der Waals surface area contributed by atoms with Crippen molar-refractivity contribution in [1.82, 2.24) is 10.2 Å². The third kappa shape index (κ3) is 3.78. The Balaban J connectivity index is 1.74. The number of hydrogen-bond acceptors (Lipinski definition) is 5. The molecule has 3 aromatic rings. The predicted octanol–water partition coefficient (Wildman–Crippen LogP) is 2.73. The summed E-state index contributed by atoms with van der Waals surface area (Å²) < 4.78 is 5.81. The van der Waals surface area contributed by atoms with Crippen LogP contribution in [0, 0.1) is 17.0 Å². The van der Waals surface area contributed by atoms with E-state index >= 15 is 0 Å². The Kier molecular flexibility index (Phi) is 5.09. The summed E-state index contributed by atoms with van der Waals surface area (Å²) in [6.07, 6.45) is 0. The van der Waals surface area contributed by atoms with E-state index in [2.05, 4.69) is 36.3 Å². The van der Waals surface area contributed by atoms with Gasteiger partial charge in [0.1, 0.15) is 6.54 Å². The van der Waals surface area contributed by atoms with Crippen LogP contribution in [0.3, 0.4) is 0 Å². The van der Waals surface area contributed by atoms with E-state index in [1.807, 2.05) is 19.1 Å². The van der Waals surface area contributed by atoms with Gasteiger partial charge in [-0.3, -0.25) is 10.1 Å². The summed E-state index contributed by atoms with van der Waals surface area (Å²) in [5.74, 6) is 0.912. The van der Waals surface area contributed by atoms with Gasteiger partial charge in [0, 0.05) is 23.3 Å². The monoisotopic (exact) mass is 353 g/mol. The Morgan fingerprint density at radius 3 is 2.50 bits per heavy atom. The van der Waals surface area contributed by atoms with Crippen LogP contribution < -0.4 is 4.90 Å². The molecule has 2 aromatic carbocycles. The van der Waals surface area contributed by atoms with E-state index in [1.54, 1.807) is 12.1 Å². The van der Waals surface area contributed by atoms with Gasteiger partial charge >= 0.3 is 0 Å². The number of benzene rings is 2. The van der Waals surface area contributed by atoms with Gasteiger partial charge in [0.05, 0.1) is 12.0 Å². The van der Waals surface area contributed by atoms with Crippen LogP contribution in [0.15, 0.2) is 52.9 Å². The molecule has 0 amide bonds. The molecule has 7 nitrogen and oxygen atoms in total. The van der Waals surface area contributed by atoms with Gasteiger partial charge in [-0.05, 0) is 31.5 Å². The highest BCUT2D eigenvalue weighted by Crippen LogP contribution is 2.22. The molecular weight excluding hydrogens is 332 g/mol. The maximum atomic E-state index is 10.7. The summed E-state index contributed by atoms with van der Waals surface area (Å²) in [6.45, 7) is 5.00. The first-order valence-corrected chi connectivity index (χ1v) is 8.40. The molecule has 0 spiro atoms. The molecule has 0 aliphatic heterocycles. The van der Waals surface area contributed by atoms with Gasteiger partial charge in [-0.25, -0.2) is 0 Å². The van der Waals surface area contributed by atoms with Gasteiger partial charge in [-0.1, -0.05) is 24.3 Å². The number of aryl methyl sites for hydroxylation is 1. The van der Waals surface area contributed by atoms with E-state index < -0.39 is 4.92 Å². The zero-order chi connectivity index (χ0) is 18.7. The summed E-state index contributed by atoms with van der Waals surface area (Å²) >= 11 is 0. The number of quaternary nitrogens is 1. The molecule has 2 atom stereocenters. The molecular formula is C19H21N4O3+. The molecule has 0 radical (unpaired) electrons. The first-order valence-electron chi connectivity index (χ1n) is 8.40. The second kappa shape index (κ2) is 7.45. The van der Waals surface area contributed by atoms with Crippen LogP contribution in [0.4, 0.5) is 5.69 Å². The molecule has 0 saturated carbocycles. The van der Waals surface area contributed by atoms with Crippen molar-refractivity contribution in [3.05, 3.63) is 75.7 Å². The standard InChI is InChI=1S/C19H20N4O3/c1-13-6-4-5-7-16(13)12-22(3)14(2)18-20-21-19(26-18)15-8-10-17(11-9-15)23(24)25/h4-11,14H,12H2,1-3H3/p+1/t14-/m1/s1. The Morgan fingerprint density at radius 2 is 1.85 bits per heavy atom. The van der Waals surface area contributed by atoms with E-state index in [1.165, 1.54) is 28.2 Å². The predicted molar refractivity (Wildman–Crippen MR) is 96.6 cm³/mol. The van der Waals surface area contributed by atoms with Crippen LogP contribution in [-0.2, 0) is 6.54 Å². The summed E-state index contributed by atoms with van der Waals surface area (Å²) in [5.41, 5.74) is 3.24. The van der Waals surface area contributed by atoms with Crippen molar-refractivity contribution in [1.29, 1.82) is 0 Å². The van der Waals surface area contributed by atoms with Crippen LogP contribution in [-0.4, -0.2) is 22.2 Å². The largest absolute Gasteiger partial charge is 0.415 e. The fraction of sp³-hybridized carbons (Fsp3) is 0.263. The van der Waals surface area contributed by atoms with Crippen molar-refractivity contribution >= 4 is 5.69 Å². The molecule has 0 bridgehead atoms. The molecule has 1 unspecified atom stereocenters. The Morgan fingerprint density at radius 1 is 1.15 bits per heavy atom. The van der Waals surface area contributed by atoms with Gasteiger partial charge in [-0.2, -0.15) is 0 Å². The minimum atomic E-state index is -0.436. The van der Waals surface area contributed by atoms with Gasteiger partial charge in [0.2, 0.25) is 5.89 Å². The lowest BCUT2D eigenvalue weighted by Gasteiger charge is -2.19. The minimum absolute atomic E-state index is 0.0221. The topological polar surface area (TPSA) is 86.5 Å². The minimum Gasteiger partial charge on any atom is -0.415 e. The number of nitrogens with zero attached hydrogens (tertiary/aromatic N) is 3. The second-order valence-electron chi connectivity index (χ2n) is 6.42. The molecule has 0 aliphatic rings. The van der Waals surface area contributed by atoms with Gasteiger partial charge in [-0.15, -0.1) is 10.2 Å². The summed E-state index contributed by atoms with van der Waals surface area (Å²) in [6, 6.07) is 14.4. The lowest BCUT2D eigenvalue weighted by Crippen LogP contribution is -3.07. The van der Waals surface area contributed by atoms with Crippen molar-refractivity contribution < 1.29 is 14.2 Å². The summed E-state index contributed by atoms with van der Waals surface area (Å²) in [4.78, 5) is 11.5. The van der Waals surface area contributed by atoms with Crippen molar-refractivity contribution in [3.8, 4) is 11.5 Å². The molecule has 134 valence electrons. The summed E-state index contributed by atoms with van der Waals surface area (Å²) in [5, 5.41) is 19.0. The second-order valence-corrected chi connectivity index (χ2v) is 6.42. The molecule has 26 heavy (non-hydrogen) atoms. The molecule has 1 heterocycles. The Bertz CT molecular complexity index is 905. The number of nitro benzene ring substituents is 1. The zero-order valence-electron chi connectivity index (χ0n) is 15.0. The van der Waals surface area contributed by atoms with Gasteiger partial charge in [0.25, 0.3) is 11.6 Å².